The topological polar surface area (TPSA) is 109 Å². The number of aromatic amines is 1. The minimum atomic E-state index is -0.695. The van der Waals surface area contributed by atoms with E-state index in [2.05, 4.69) is 4.98 Å². The van der Waals surface area contributed by atoms with Crippen molar-refractivity contribution in [3.63, 3.8) is 0 Å². The number of fused-ring (bicyclic) bond motifs is 2. The molecule has 3 heterocycles. The van der Waals surface area contributed by atoms with Crippen LogP contribution < -0.4 is 9.64 Å². The summed E-state index contributed by atoms with van der Waals surface area (Å²) in [7, 11) is 1.46. The van der Waals surface area contributed by atoms with Gasteiger partial charge in [0.05, 0.1) is 35.9 Å². The van der Waals surface area contributed by atoms with E-state index in [0.29, 0.717) is 26.5 Å². The predicted octanol–water partition coefficient (Wildman–Crippen LogP) is 4.49. The van der Waals surface area contributed by atoms with Gasteiger partial charge in [0, 0.05) is 10.8 Å². The van der Waals surface area contributed by atoms with Gasteiger partial charge in [-0.15, -0.1) is 11.3 Å². The fourth-order valence-corrected chi connectivity index (χ4v) is 7.45. The van der Waals surface area contributed by atoms with Gasteiger partial charge in [0.2, 0.25) is 11.8 Å². The van der Waals surface area contributed by atoms with Crippen molar-refractivity contribution in [3.8, 4) is 11.5 Å². The van der Waals surface area contributed by atoms with Gasteiger partial charge >= 0.3 is 5.97 Å². The number of phenols is 1. The van der Waals surface area contributed by atoms with E-state index in [9.17, 15) is 19.5 Å². The quantitative estimate of drug-likeness (QED) is 0.283. The molecule has 2 aliphatic rings. The number of aromatic hydroxyl groups is 1. The zero-order valence-electron chi connectivity index (χ0n) is 18.6. The SMILES string of the molecule is CCOC(=O)c1ccc(N2C(=O)[C@@H]3[C@H](c4ccc(OC)c(O)c4)c4sc(=S)[nH]c4S[C@H]3C2=O)cc1. The zero-order valence-corrected chi connectivity index (χ0v) is 21.1. The largest absolute Gasteiger partial charge is 0.504 e. The van der Waals surface area contributed by atoms with Gasteiger partial charge in [-0.25, -0.2) is 9.69 Å². The number of carbonyl (C=O) groups is 3. The number of esters is 1. The van der Waals surface area contributed by atoms with Crippen molar-refractivity contribution in [2.24, 2.45) is 5.92 Å². The van der Waals surface area contributed by atoms with Crippen LogP contribution >= 0.6 is 35.3 Å². The molecule has 1 saturated heterocycles. The second-order valence-corrected chi connectivity index (χ2v) is 10.8. The number of aromatic nitrogens is 1. The van der Waals surface area contributed by atoms with Crippen LogP contribution in [-0.4, -0.2) is 46.8 Å². The number of carbonyl (C=O) groups excluding carboxylic acids is 3. The third-order valence-electron chi connectivity index (χ3n) is 6.02. The Hall–Kier alpha value is -3.15. The van der Waals surface area contributed by atoms with E-state index in [-0.39, 0.29) is 24.2 Å². The Morgan fingerprint density at radius 3 is 2.57 bits per heavy atom. The highest BCUT2D eigenvalue weighted by atomic mass is 32.2. The predicted molar refractivity (Wildman–Crippen MR) is 134 cm³/mol. The summed E-state index contributed by atoms with van der Waals surface area (Å²) in [4.78, 5) is 44.5. The Kier molecular flexibility index (Phi) is 6.16. The van der Waals surface area contributed by atoms with E-state index in [1.54, 1.807) is 37.3 Å². The second kappa shape index (κ2) is 9.14. The number of ether oxygens (including phenoxy) is 2. The third-order valence-corrected chi connectivity index (χ3v) is 8.78. The minimum Gasteiger partial charge on any atom is -0.504 e. The molecule has 5 rings (SSSR count). The number of hydrogen-bond donors (Lipinski definition) is 2. The Morgan fingerprint density at radius 2 is 1.91 bits per heavy atom. The number of imide groups is 1. The summed E-state index contributed by atoms with van der Waals surface area (Å²) in [6.07, 6.45) is 0. The highest BCUT2D eigenvalue weighted by molar-refractivity contribution is 8.01. The summed E-state index contributed by atoms with van der Waals surface area (Å²) in [6.45, 7) is 1.97. The Bertz CT molecular complexity index is 1400. The summed E-state index contributed by atoms with van der Waals surface area (Å²) >= 11 is 8.01. The Balaban J connectivity index is 1.56. The monoisotopic (exact) mass is 528 g/mol. The van der Waals surface area contributed by atoms with E-state index < -0.39 is 23.1 Å². The molecule has 2 aromatic carbocycles. The average molecular weight is 529 g/mol. The van der Waals surface area contributed by atoms with Crippen LogP contribution in [-0.2, 0) is 14.3 Å². The summed E-state index contributed by atoms with van der Waals surface area (Å²) in [5.74, 6) is -2.07. The van der Waals surface area contributed by atoms with Crippen molar-refractivity contribution in [3.05, 3.63) is 62.4 Å². The number of anilines is 1. The molecule has 11 heteroatoms. The Labute approximate surface area is 213 Å². The van der Waals surface area contributed by atoms with Gasteiger partial charge in [-0.2, -0.15) is 0 Å². The molecule has 0 radical (unpaired) electrons. The maximum absolute atomic E-state index is 13.8. The number of H-pyrrole nitrogens is 1. The minimum absolute atomic E-state index is 0.0522. The number of nitrogens with one attached hydrogen (secondary N) is 1. The van der Waals surface area contributed by atoms with Crippen LogP contribution in [0.3, 0.4) is 0 Å². The highest BCUT2D eigenvalue weighted by Gasteiger charge is 2.56. The molecule has 0 unspecified atom stereocenters. The van der Waals surface area contributed by atoms with E-state index >= 15 is 0 Å². The lowest BCUT2D eigenvalue weighted by molar-refractivity contribution is -0.122. The van der Waals surface area contributed by atoms with Crippen molar-refractivity contribution in [2.75, 3.05) is 18.6 Å². The lowest BCUT2D eigenvalue weighted by atomic mass is 9.83. The van der Waals surface area contributed by atoms with Gasteiger partial charge in [0.25, 0.3) is 0 Å². The fraction of sp³-hybridized carbons (Fsp3) is 0.250. The number of nitrogens with zero attached hydrogens (tertiary/aromatic N) is 1. The molecular formula is C24H20N2O6S3. The maximum atomic E-state index is 13.8. The van der Waals surface area contributed by atoms with E-state index in [4.69, 9.17) is 21.7 Å². The fourth-order valence-electron chi connectivity index (χ4n) is 4.49. The van der Waals surface area contributed by atoms with Crippen LogP contribution in [0.15, 0.2) is 47.5 Å². The standard InChI is InChI=1S/C24H20N2O6S3/c1-3-32-23(30)11-4-7-13(8-5-11)26-21(28)17-16(12-6-9-15(31-2)14(27)10-12)18-20(25-24(33)35-18)34-19(17)22(26)29/h4-10,16-17,19,27H,3H2,1-2H3,(H,25,33)/t16-,17+,19+/m0/s1. The molecule has 0 bridgehead atoms. The van der Waals surface area contributed by atoms with E-state index in [1.165, 1.54) is 47.2 Å². The van der Waals surface area contributed by atoms with Gasteiger partial charge in [0.1, 0.15) is 5.25 Å². The van der Waals surface area contributed by atoms with Gasteiger partial charge in [0.15, 0.2) is 15.5 Å². The molecule has 2 N–H and O–H groups in total. The summed E-state index contributed by atoms with van der Waals surface area (Å²) in [6, 6.07) is 11.2. The molecule has 1 fully saturated rings. The van der Waals surface area contributed by atoms with Crippen molar-refractivity contribution in [1.82, 2.24) is 4.98 Å². The van der Waals surface area contributed by atoms with Crippen LogP contribution in [0.25, 0.3) is 0 Å². The van der Waals surface area contributed by atoms with Gasteiger partial charge in [-0.1, -0.05) is 17.8 Å². The number of phenolic OH excluding ortho intramolecular Hbond substituents is 1. The molecule has 180 valence electrons. The molecule has 2 aliphatic heterocycles. The lowest BCUT2D eigenvalue weighted by Crippen LogP contribution is -2.32. The molecule has 0 spiro atoms. The van der Waals surface area contributed by atoms with Crippen molar-refractivity contribution < 1.29 is 29.0 Å². The smallest absolute Gasteiger partial charge is 0.338 e. The number of rotatable bonds is 5. The van der Waals surface area contributed by atoms with Crippen LogP contribution in [0.4, 0.5) is 5.69 Å². The van der Waals surface area contributed by atoms with Gasteiger partial charge in [-0.05, 0) is 61.1 Å². The van der Waals surface area contributed by atoms with Gasteiger partial charge in [-0.3, -0.25) is 9.59 Å². The summed E-state index contributed by atoms with van der Waals surface area (Å²) < 4.78 is 10.7. The molecule has 2 amide bonds. The molecule has 3 aromatic rings. The number of thioether (sulfide) groups is 1. The van der Waals surface area contributed by atoms with E-state index in [0.717, 1.165) is 9.90 Å². The average Bonchev–Trinajstić information content (AvgIpc) is 3.33. The van der Waals surface area contributed by atoms with Crippen LogP contribution in [0.5, 0.6) is 11.5 Å². The molecule has 35 heavy (non-hydrogen) atoms. The lowest BCUT2D eigenvalue weighted by Gasteiger charge is -2.30. The van der Waals surface area contributed by atoms with Crippen molar-refractivity contribution >= 4 is 58.8 Å². The molecule has 1 aromatic heterocycles. The second-order valence-electron chi connectivity index (χ2n) is 7.96. The summed E-state index contributed by atoms with van der Waals surface area (Å²) in [5, 5.41) is 10.5. The van der Waals surface area contributed by atoms with Gasteiger partial charge < -0.3 is 19.6 Å². The number of thiazole rings is 1. The normalized spacial score (nSPS) is 21.0. The maximum Gasteiger partial charge on any atom is 0.338 e. The van der Waals surface area contributed by atoms with Crippen LogP contribution in [0, 0.1) is 9.87 Å². The Morgan fingerprint density at radius 1 is 1.17 bits per heavy atom. The third kappa shape index (κ3) is 3.93. The first-order valence-corrected chi connectivity index (χ1v) is 12.9. The summed E-state index contributed by atoms with van der Waals surface area (Å²) in [5.41, 5.74) is 1.41. The number of benzene rings is 2. The number of amides is 2. The molecule has 3 atom stereocenters. The first-order valence-electron chi connectivity index (χ1n) is 10.8. The molecule has 0 saturated carbocycles. The first kappa shape index (κ1) is 23.6. The highest BCUT2D eigenvalue weighted by Crippen LogP contribution is 2.54. The molecule has 0 aliphatic carbocycles. The van der Waals surface area contributed by atoms with Crippen molar-refractivity contribution in [2.45, 2.75) is 23.1 Å². The zero-order chi connectivity index (χ0) is 24.9. The first-order chi connectivity index (χ1) is 16.8. The van der Waals surface area contributed by atoms with E-state index in [1.807, 2.05) is 0 Å². The number of methoxy groups -OCH3 is 1. The van der Waals surface area contributed by atoms with Crippen LogP contribution in [0.2, 0.25) is 0 Å². The number of hydrogen-bond acceptors (Lipinski definition) is 9. The van der Waals surface area contributed by atoms with Crippen LogP contribution in [0.1, 0.15) is 33.6 Å². The van der Waals surface area contributed by atoms with Crippen molar-refractivity contribution in [1.29, 1.82) is 0 Å². The molecule has 8 nitrogen and oxygen atoms in total. The molecular weight excluding hydrogens is 508 g/mol.